The summed E-state index contributed by atoms with van der Waals surface area (Å²) in [5.41, 5.74) is 6.84. The van der Waals surface area contributed by atoms with E-state index in [1.54, 1.807) is 0 Å². The number of carboxylic acid groups (broad SMARTS) is 2. The molecule has 3 amide bonds. The van der Waals surface area contributed by atoms with Gasteiger partial charge in [0.2, 0.25) is 17.7 Å². The first-order valence-electron chi connectivity index (χ1n) is 11.2. The zero-order valence-corrected chi connectivity index (χ0v) is 19.9. The highest BCUT2D eigenvalue weighted by Gasteiger charge is 2.33. The predicted octanol–water partition coefficient (Wildman–Crippen LogP) is -2.97. The molecule has 2 rings (SSSR count). The smallest absolute Gasteiger partial charge is 0.326 e. The van der Waals surface area contributed by atoms with Crippen LogP contribution >= 0.6 is 0 Å². The molecule has 0 radical (unpaired) electrons. The fourth-order valence-electron chi connectivity index (χ4n) is 3.28. The fraction of sp³-hybridized carbons (Fsp3) is 0.476. The van der Waals surface area contributed by atoms with Crippen LogP contribution in [0.15, 0.2) is 25.0 Å². The van der Waals surface area contributed by atoms with Gasteiger partial charge in [0, 0.05) is 43.0 Å². The molecule has 0 bridgehead atoms. The van der Waals surface area contributed by atoms with Crippen molar-refractivity contribution in [3.05, 3.63) is 36.4 Å². The summed E-state index contributed by atoms with van der Waals surface area (Å²) in [7, 11) is 0. The first-order chi connectivity index (χ1) is 17.5. The first kappa shape index (κ1) is 28.9. The lowest BCUT2D eigenvalue weighted by atomic mass is 10.1. The van der Waals surface area contributed by atoms with Crippen molar-refractivity contribution in [1.29, 1.82) is 0 Å². The van der Waals surface area contributed by atoms with Gasteiger partial charge in [-0.1, -0.05) is 0 Å². The van der Waals surface area contributed by atoms with Crippen LogP contribution in [0.5, 0.6) is 0 Å². The second-order valence-electron chi connectivity index (χ2n) is 8.29. The van der Waals surface area contributed by atoms with Crippen molar-refractivity contribution in [3.8, 4) is 0 Å². The molecule has 0 aliphatic heterocycles. The summed E-state index contributed by atoms with van der Waals surface area (Å²) >= 11 is 0. The molecular formula is C21H30N8O8. The first-order valence-corrected chi connectivity index (χ1v) is 11.2. The number of aromatic nitrogens is 4. The highest BCUT2D eigenvalue weighted by molar-refractivity contribution is 5.94. The van der Waals surface area contributed by atoms with Gasteiger partial charge in [-0.3, -0.25) is 19.2 Å². The molecule has 16 nitrogen and oxygen atoms in total. The molecule has 10 N–H and O–H groups in total. The lowest BCUT2D eigenvalue weighted by Gasteiger charge is -2.26. The maximum absolute atomic E-state index is 12.9. The lowest BCUT2D eigenvalue weighted by molar-refractivity contribution is -0.143. The summed E-state index contributed by atoms with van der Waals surface area (Å²) in [6, 6.07) is -5.53. The van der Waals surface area contributed by atoms with E-state index in [1.165, 1.54) is 32.0 Å². The molecule has 0 spiro atoms. The van der Waals surface area contributed by atoms with Crippen molar-refractivity contribution in [3.63, 3.8) is 0 Å². The van der Waals surface area contributed by atoms with Crippen LogP contribution in [0.1, 0.15) is 31.2 Å². The Morgan fingerprint density at radius 3 is 1.95 bits per heavy atom. The highest BCUT2D eigenvalue weighted by Crippen LogP contribution is 2.05. The number of amides is 3. The van der Waals surface area contributed by atoms with Gasteiger partial charge in [0.1, 0.15) is 18.1 Å². The van der Waals surface area contributed by atoms with Crippen molar-refractivity contribution >= 4 is 29.7 Å². The van der Waals surface area contributed by atoms with Gasteiger partial charge in [0.05, 0.1) is 24.8 Å². The van der Waals surface area contributed by atoms with Crippen LogP contribution in [-0.4, -0.2) is 95.2 Å². The Morgan fingerprint density at radius 2 is 1.46 bits per heavy atom. The van der Waals surface area contributed by atoms with Crippen LogP contribution in [-0.2, 0) is 36.8 Å². The SMILES string of the molecule is CC(O)C(NC(=O)C(N)Cc1cnc[nH]1)C(=O)NC(CCC(=O)O)C(=O)NC(Cc1cnc[nH]1)C(=O)O. The molecule has 0 aromatic carbocycles. The molecule has 0 aliphatic rings. The van der Waals surface area contributed by atoms with Gasteiger partial charge < -0.3 is 47.0 Å². The van der Waals surface area contributed by atoms with Crippen LogP contribution in [0.3, 0.4) is 0 Å². The zero-order valence-electron chi connectivity index (χ0n) is 19.9. The third-order valence-electron chi connectivity index (χ3n) is 5.27. The van der Waals surface area contributed by atoms with E-state index < -0.39 is 66.4 Å². The van der Waals surface area contributed by atoms with Crippen LogP contribution in [0.4, 0.5) is 0 Å². The van der Waals surface area contributed by atoms with E-state index in [1.807, 2.05) is 0 Å². The quantitative estimate of drug-likeness (QED) is 0.114. The molecule has 2 heterocycles. The largest absolute Gasteiger partial charge is 0.481 e. The number of rotatable bonds is 15. The number of hydrogen-bond donors (Lipinski definition) is 9. The number of aromatic amines is 2. The van der Waals surface area contributed by atoms with Gasteiger partial charge in [-0.2, -0.15) is 0 Å². The third kappa shape index (κ3) is 9.34. The van der Waals surface area contributed by atoms with E-state index >= 15 is 0 Å². The number of H-pyrrole nitrogens is 2. The summed E-state index contributed by atoms with van der Waals surface area (Å²) in [6.07, 6.45) is 3.15. The Morgan fingerprint density at radius 1 is 0.892 bits per heavy atom. The number of aliphatic hydroxyl groups excluding tert-OH is 1. The van der Waals surface area contributed by atoms with E-state index in [0.29, 0.717) is 11.4 Å². The molecule has 2 aromatic rings. The van der Waals surface area contributed by atoms with Crippen LogP contribution < -0.4 is 21.7 Å². The summed E-state index contributed by atoms with van der Waals surface area (Å²) in [5.74, 6) is -5.36. The monoisotopic (exact) mass is 522 g/mol. The average molecular weight is 523 g/mol. The summed E-state index contributed by atoms with van der Waals surface area (Å²) in [6.45, 7) is 1.22. The zero-order chi connectivity index (χ0) is 27.5. The van der Waals surface area contributed by atoms with Crippen LogP contribution in [0.2, 0.25) is 0 Å². The number of nitrogens with zero attached hydrogens (tertiary/aromatic N) is 2. The van der Waals surface area contributed by atoms with Gasteiger partial charge in [0.15, 0.2) is 0 Å². The Hall–Kier alpha value is -4.31. The molecule has 0 fully saturated rings. The molecule has 0 saturated carbocycles. The normalized spacial score (nSPS) is 15.0. The van der Waals surface area contributed by atoms with Crippen LogP contribution in [0, 0.1) is 0 Å². The van der Waals surface area contributed by atoms with Crippen molar-refractivity contribution in [2.45, 2.75) is 62.9 Å². The molecule has 5 unspecified atom stereocenters. The number of carboxylic acids is 2. The second kappa shape index (κ2) is 13.7. The number of imidazole rings is 2. The van der Waals surface area contributed by atoms with E-state index in [0.717, 1.165) is 0 Å². The molecule has 0 aliphatic carbocycles. The second-order valence-corrected chi connectivity index (χ2v) is 8.29. The minimum Gasteiger partial charge on any atom is -0.481 e. The maximum atomic E-state index is 12.9. The Kier molecular flexibility index (Phi) is 10.7. The molecule has 5 atom stereocenters. The standard InChI is InChI=1S/C21H30N8O8/c1-10(30)17(29-18(33)13(22)4-11-6-23-8-25-11)20(35)27-14(2-3-16(31)32)19(34)28-15(21(36)37)5-12-7-24-9-26-12/h6-10,13-15,17,30H,2-5,22H2,1H3,(H,23,25)(H,24,26)(H,27,35)(H,28,34)(H,29,33)(H,31,32)(H,36,37). The lowest BCUT2D eigenvalue weighted by Crippen LogP contribution is -2.60. The van der Waals surface area contributed by atoms with Gasteiger partial charge in [-0.25, -0.2) is 14.8 Å². The molecule has 0 saturated heterocycles. The highest BCUT2D eigenvalue weighted by atomic mass is 16.4. The fourth-order valence-corrected chi connectivity index (χ4v) is 3.28. The Balaban J connectivity index is 2.10. The number of aliphatic carboxylic acids is 2. The molecule has 37 heavy (non-hydrogen) atoms. The maximum Gasteiger partial charge on any atom is 0.326 e. The topological polar surface area (TPSA) is 266 Å². The summed E-state index contributed by atoms with van der Waals surface area (Å²) in [5, 5.41) is 35.5. The minimum absolute atomic E-state index is 0.0660. The van der Waals surface area contributed by atoms with E-state index in [9.17, 15) is 34.2 Å². The van der Waals surface area contributed by atoms with Gasteiger partial charge in [-0.05, 0) is 13.3 Å². The van der Waals surface area contributed by atoms with E-state index in [4.69, 9.17) is 10.8 Å². The molecule has 16 heteroatoms. The van der Waals surface area contributed by atoms with Crippen molar-refractivity contribution in [2.75, 3.05) is 0 Å². The number of nitrogens with one attached hydrogen (secondary N) is 5. The number of nitrogens with two attached hydrogens (primary N) is 1. The average Bonchev–Trinajstić information content (AvgIpc) is 3.53. The van der Waals surface area contributed by atoms with Gasteiger partial charge in [-0.15, -0.1) is 0 Å². The Labute approximate surface area is 210 Å². The molecule has 2 aromatic heterocycles. The van der Waals surface area contributed by atoms with Crippen LogP contribution in [0.25, 0.3) is 0 Å². The van der Waals surface area contributed by atoms with Crippen molar-refractivity contribution in [2.24, 2.45) is 5.73 Å². The third-order valence-corrected chi connectivity index (χ3v) is 5.27. The molecule has 202 valence electrons. The number of aliphatic hydroxyl groups is 1. The number of carbonyl (C=O) groups is 5. The number of carbonyl (C=O) groups excluding carboxylic acids is 3. The number of hydrogen-bond acceptors (Lipinski definition) is 9. The van der Waals surface area contributed by atoms with E-state index in [2.05, 4.69) is 35.9 Å². The predicted molar refractivity (Wildman–Crippen MR) is 125 cm³/mol. The Bertz CT molecular complexity index is 1060. The summed E-state index contributed by atoms with van der Waals surface area (Å²) < 4.78 is 0. The minimum atomic E-state index is -1.54. The van der Waals surface area contributed by atoms with E-state index in [-0.39, 0.29) is 19.3 Å². The summed E-state index contributed by atoms with van der Waals surface area (Å²) in [4.78, 5) is 74.0. The van der Waals surface area contributed by atoms with Gasteiger partial charge in [0.25, 0.3) is 0 Å². The van der Waals surface area contributed by atoms with Crippen molar-refractivity contribution in [1.82, 2.24) is 35.9 Å². The molecular weight excluding hydrogens is 492 g/mol. The van der Waals surface area contributed by atoms with Crippen molar-refractivity contribution < 1.29 is 39.3 Å². The van der Waals surface area contributed by atoms with Gasteiger partial charge >= 0.3 is 11.9 Å².